The van der Waals surface area contributed by atoms with Crippen LogP contribution < -0.4 is 5.73 Å². The van der Waals surface area contributed by atoms with Gasteiger partial charge in [0.15, 0.2) is 0 Å². The highest BCUT2D eigenvalue weighted by atomic mass is 79.9. The van der Waals surface area contributed by atoms with Crippen molar-refractivity contribution in [1.82, 2.24) is 4.90 Å². The topological polar surface area (TPSA) is 46.3 Å². The zero-order valence-electron chi connectivity index (χ0n) is 11.9. The molecule has 0 spiro atoms. The fourth-order valence-electron chi connectivity index (χ4n) is 1.82. The summed E-state index contributed by atoms with van der Waals surface area (Å²) in [5.41, 5.74) is 7.34. The molecule has 0 radical (unpaired) electrons. The van der Waals surface area contributed by atoms with Crippen molar-refractivity contribution >= 4 is 34.2 Å². The van der Waals surface area contributed by atoms with Gasteiger partial charge < -0.3 is 10.6 Å². The highest BCUT2D eigenvalue weighted by molar-refractivity contribution is 9.10. The van der Waals surface area contributed by atoms with Gasteiger partial charge in [0.25, 0.3) is 5.91 Å². The van der Waals surface area contributed by atoms with E-state index in [4.69, 9.17) is 5.73 Å². The molecule has 1 aromatic carbocycles. The minimum Gasteiger partial charge on any atom is -0.341 e. The molecular formula is C14H22BrClN2O. The molecule has 0 aliphatic carbocycles. The van der Waals surface area contributed by atoms with Crippen LogP contribution in [0.5, 0.6) is 0 Å². The normalized spacial score (nSPS) is 10.8. The second-order valence-electron chi connectivity index (χ2n) is 5.44. The van der Waals surface area contributed by atoms with Gasteiger partial charge in [-0.1, -0.05) is 35.8 Å². The number of rotatable bonds is 4. The summed E-state index contributed by atoms with van der Waals surface area (Å²) in [6.45, 7) is 7.27. The molecule has 19 heavy (non-hydrogen) atoms. The van der Waals surface area contributed by atoms with Gasteiger partial charge in [0.2, 0.25) is 0 Å². The highest BCUT2D eigenvalue weighted by Gasteiger charge is 2.22. The molecule has 3 nitrogen and oxygen atoms in total. The van der Waals surface area contributed by atoms with E-state index < -0.39 is 0 Å². The summed E-state index contributed by atoms with van der Waals surface area (Å²) < 4.78 is 0.958. The first-order valence-electron chi connectivity index (χ1n) is 5.99. The lowest BCUT2D eigenvalue weighted by molar-refractivity contribution is 0.0740. The maximum Gasteiger partial charge on any atom is 0.253 e. The second kappa shape index (κ2) is 7.27. The Morgan fingerprint density at radius 3 is 2.53 bits per heavy atom. The first-order chi connectivity index (χ1) is 8.28. The van der Waals surface area contributed by atoms with Crippen LogP contribution >= 0.6 is 28.3 Å². The Bertz CT molecular complexity index is 449. The summed E-state index contributed by atoms with van der Waals surface area (Å²) in [7, 11) is 1.82. The molecule has 0 aliphatic rings. The number of nitrogens with zero attached hydrogens (tertiary/aromatic N) is 1. The molecule has 0 bridgehead atoms. The number of amides is 1. The fourth-order valence-corrected chi connectivity index (χ4v) is 2.19. The summed E-state index contributed by atoms with van der Waals surface area (Å²) in [5.74, 6) is 0.0373. The van der Waals surface area contributed by atoms with E-state index in [1.54, 1.807) is 4.90 Å². The maximum atomic E-state index is 12.4. The summed E-state index contributed by atoms with van der Waals surface area (Å²) in [4.78, 5) is 14.1. The third-order valence-electron chi connectivity index (χ3n) is 3.06. The Morgan fingerprint density at radius 2 is 2.00 bits per heavy atom. The SMILES string of the molecule is Cc1c(Br)cccc1C(=O)N(C)CC(C)(C)CN.Cl. The van der Waals surface area contributed by atoms with Gasteiger partial charge in [0.05, 0.1) is 0 Å². The zero-order chi connectivity index (χ0) is 13.9. The quantitative estimate of drug-likeness (QED) is 0.907. The molecule has 0 saturated heterocycles. The third-order valence-corrected chi connectivity index (χ3v) is 3.92. The van der Waals surface area contributed by atoms with Gasteiger partial charge in [0, 0.05) is 23.6 Å². The zero-order valence-corrected chi connectivity index (χ0v) is 14.3. The number of nitrogens with two attached hydrogens (primary N) is 1. The highest BCUT2D eigenvalue weighted by Crippen LogP contribution is 2.22. The number of benzene rings is 1. The van der Waals surface area contributed by atoms with Crippen LogP contribution in [0.15, 0.2) is 22.7 Å². The van der Waals surface area contributed by atoms with Gasteiger partial charge in [-0.05, 0) is 36.6 Å². The lowest BCUT2D eigenvalue weighted by Gasteiger charge is -2.29. The summed E-state index contributed by atoms with van der Waals surface area (Å²) in [6, 6.07) is 5.68. The first-order valence-corrected chi connectivity index (χ1v) is 6.78. The minimum absolute atomic E-state index is 0. The molecule has 2 N–H and O–H groups in total. The van der Waals surface area contributed by atoms with E-state index in [1.807, 2.05) is 32.2 Å². The molecular weight excluding hydrogens is 328 g/mol. The van der Waals surface area contributed by atoms with E-state index >= 15 is 0 Å². The molecule has 1 aromatic rings. The van der Waals surface area contributed by atoms with E-state index in [0.717, 1.165) is 15.6 Å². The van der Waals surface area contributed by atoms with Crippen molar-refractivity contribution < 1.29 is 4.79 Å². The lowest BCUT2D eigenvalue weighted by atomic mass is 9.93. The molecule has 0 saturated carbocycles. The van der Waals surface area contributed by atoms with Gasteiger partial charge in [-0.15, -0.1) is 12.4 Å². The van der Waals surface area contributed by atoms with Gasteiger partial charge in [-0.2, -0.15) is 0 Å². The number of halogens is 2. The van der Waals surface area contributed by atoms with Gasteiger partial charge in [0.1, 0.15) is 0 Å². The van der Waals surface area contributed by atoms with E-state index in [0.29, 0.717) is 13.1 Å². The average molecular weight is 350 g/mol. The van der Waals surface area contributed by atoms with Crippen LogP contribution in [-0.2, 0) is 0 Å². The summed E-state index contributed by atoms with van der Waals surface area (Å²) in [5, 5.41) is 0. The predicted molar refractivity (Wildman–Crippen MR) is 85.9 cm³/mol. The van der Waals surface area contributed by atoms with E-state index in [2.05, 4.69) is 29.8 Å². The largest absolute Gasteiger partial charge is 0.341 e. The molecule has 5 heteroatoms. The summed E-state index contributed by atoms with van der Waals surface area (Å²) >= 11 is 3.45. The molecule has 0 unspecified atom stereocenters. The van der Waals surface area contributed by atoms with E-state index in [9.17, 15) is 4.79 Å². The van der Waals surface area contributed by atoms with Crippen molar-refractivity contribution in [1.29, 1.82) is 0 Å². The molecule has 0 aromatic heterocycles. The van der Waals surface area contributed by atoms with Gasteiger partial charge in [-0.3, -0.25) is 4.79 Å². The predicted octanol–water partition coefficient (Wildman–Crippen LogP) is 3.24. The van der Waals surface area contributed by atoms with Crippen LogP contribution in [0.3, 0.4) is 0 Å². The molecule has 0 fully saturated rings. The number of carbonyl (C=O) groups is 1. The molecule has 0 heterocycles. The van der Waals surface area contributed by atoms with Crippen LogP contribution in [0.2, 0.25) is 0 Å². The van der Waals surface area contributed by atoms with Gasteiger partial charge in [-0.25, -0.2) is 0 Å². The van der Waals surface area contributed by atoms with Crippen LogP contribution in [0.4, 0.5) is 0 Å². The lowest BCUT2D eigenvalue weighted by Crippen LogP contribution is -2.40. The Morgan fingerprint density at radius 1 is 1.42 bits per heavy atom. The van der Waals surface area contributed by atoms with Crippen LogP contribution in [0, 0.1) is 12.3 Å². The number of hydrogen-bond acceptors (Lipinski definition) is 2. The Labute approximate surface area is 130 Å². The minimum atomic E-state index is -0.0652. The Kier molecular flexibility index (Phi) is 7.05. The van der Waals surface area contributed by atoms with Crippen LogP contribution in [0.1, 0.15) is 29.8 Å². The van der Waals surface area contributed by atoms with E-state index in [1.165, 1.54) is 0 Å². The van der Waals surface area contributed by atoms with Crippen molar-refractivity contribution in [2.24, 2.45) is 11.1 Å². The Hall–Kier alpha value is -0.580. The standard InChI is InChI=1S/C14H21BrN2O.ClH/c1-10-11(6-5-7-12(10)15)13(18)17(4)9-14(2,3)8-16;/h5-7H,8-9,16H2,1-4H3;1H. The molecule has 108 valence electrons. The maximum absolute atomic E-state index is 12.4. The van der Waals surface area contributed by atoms with Crippen molar-refractivity contribution in [3.8, 4) is 0 Å². The smallest absolute Gasteiger partial charge is 0.253 e. The van der Waals surface area contributed by atoms with Crippen molar-refractivity contribution in [2.45, 2.75) is 20.8 Å². The molecule has 1 amide bonds. The van der Waals surface area contributed by atoms with Gasteiger partial charge >= 0.3 is 0 Å². The fraction of sp³-hybridized carbons (Fsp3) is 0.500. The number of hydrogen-bond donors (Lipinski definition) is 1. The van der Waals surface area contributed by atoms with Crippen molar-refractivity contribution in [3.05, 3.63) is 33.8 Å². The summed E-state index contributed by atoms with van der Waals surface area (Å²) in [6.07, 6.45) is 0. The van der Waals surface area contributed by atoms with Crippen molar-refractivity contribution in [3.63, 3.8) is 0 Å². The van der Waals surface area contributed by atoms with E-state index in [-0.39, 0.29) is 23.7 Å². The monoisotopic (exact) mass is 348 g/mol. The molecule has 1 rings (SSSR count). The first kappa shape index (κ1) is 18.4. The van der Waals surface area contributed by atoms with Crippen LogP contribution in [0.25, 0.3) is 0 Å². The average Bonchev–Trinajstić information content (AvgIpc) is 2.31. The Balaban J connectivity index is 0.00000324. The third kappa shape index (κ3) is 4.79. The van der Waals surface area contributed by atoms with Crippen LogP contribution in [-0.4, -0.2) is 30.9 Å². The molecule has 0 aliphatic heterocycles. The van der Waals surface area contributed by atoms with Crippen molar-refractivity contribution in [2.75, 3.05) is 20.1 Å². The molecule has 0 atom stereocenters. The number of carbonyl (C=O) groups excluding carboxylic acids is 1. The second-order valence-corrected chi connectivity index (χ2v) is 6.30.